The molecule has 41 heavy (non-hydrogen) atoms. The normalized spacial score (nSPS) is 13.6. The van der Waals surface area contributed by atoms with Crippen molar-refractivity contribution in [2.45, 2.75) is 6.54 Å². The largest absolute Gasteiger partial charge is 0.508 e. The first kappa shape index (κ1) is 28.4. The molecule has 3 aromatic carbocycles. The van der Waals surface area contributed by atoms with E-state index in [1.54, 1.807) is 32.4 Å². The molecule has 5 rings (SSSR count). The number of ketones is 1. The number of ether oxygens (including phenoxy) is 3. The highest BCUT2D eigenvalue weighted by Crippen LogP contribution is 2.42. The molecule has 1 aliphatic rings. The van der Waals surface area contributed by atoms with Crippen LogP contribution in [0.25, 0.3) is 20.5 Å². The maximum atomic E-state index is 14.1. The zero-order chi connectivity index (χ0) is 28.8. The van der Waals surface area contributed by atoms with E-state index in [2.05, 4.69) is 15.5 Å². The molecule has 0 radical (unpaired) electrons. The van der Waals surface area contributed by atoms with Crippen LogP contribution in [0, 0.1) is 0 Å². The second-order valence-electron chi connectivity index (χ2n) is 9.61. The molecular weight excluding hydrogens is 542 g/mol. The van der Waals surface area contributed by atoms with Gasteiger partial charge in [0.25, 0.3) is 0 Å². The summed E-state index contributed by atoms with van der Waals surface area (Å²) in [7, 11) is 3.18. The fourth-order valence-electron chi connectivity index (χ4n) is 4.80. The zero-order valence-corrected chi connectivity index (χ0v) is 23.9. The second kappa shape index (κ2) is 13.0. The highest BCUT2D eigenvalue weighted by Gasteiger charge is 2.23. The number of hydrogen-bond donors (Lipinski definition) is 3. The van der Waals surface area contributed by atoms with Gasteiger partial charge in [0.05, 0.1) is 26.9 Å². The summed E-state index contributed by atoms with van der Waals surface area (Å²) in [6.45, 7) is 4.56. The van der Waals surface area contributed by atoms with Gasteiger partial charge in [0.1, 0.15) is 23.9 Å². The Balaban J connectivity index is 1.42. The summed E-state index contributed by atoms with van der Waals surface area (Å²) in [4.78, 5) is 28.5. The summed E-state index contributed by atoms with van der Waals surface area (Å²) in [6, 6.07) is 18.0. The molecule has 9 nitrogen and oxygen atoms in total. The van der Waals surface area contributed by atoms with E-state index in [0.717, 1.165) is 45.7 Å². The number of carbonyl (C=O) groups is 2. The molecule has 0 bridgehead atoms. The van der Waals surface area contributed by atoms with Gasteiger partial charge in [-0.05, 0) is 54.1 Å². The summed E-state index contributed by atoms with van der Waals surface area (Å²) < 4.78 is 17.7. The predicted molar refractivity (Wildman–Crippen MR) is 159 cm³/mol. The van der Waals surface area contributed by atoms with Crippen molar-refractivity contribution >= 4 is 33.2 Å². The van der Waals surface area contributed by atoms with Gasteiger partial charge in [-0.1, -0.05) is 12.1 Å². The standard InChI is InChI=1S/C31H33N3O6S/c1-32-31(37)33-11-14-40-24-8-5-20(6-9-24)30-28(25-10-7-23(35)18-27(25)41-30)29(36)21-3-4-22(26(17-21)38-2)19-34-12-15-39-16-13-34/h3-10,17-18,35H,11-16,19H2,1-2H3,(H2,32,33,37). The zero-order valence-electron chi connectivity index (χ0n) is 23.1. The number of methoxy groups -OCH3 is 1. The Morgan fingerprint density at radius 1 is 1.05 bits per heavy atom. The van der Waals surface area contributed by atoms with Crippen molar-refractivity contribution < 1.29 is 28.9 Å². The monoisotopic (exact) mass is 575 g/mol. The maximum absolute atomic E-state index is 14.1. The highest BCUT2D eigenvalue weighted by atomic mass is 32.1. The molecule has 1 aromatic heterocycles. The molecule has 1 fully saturated rings. The molecule has 3 N–H and O–H groups in total. The van der Waals surface area contributed by atoms with Crippen molar-refractivity contribution in [2.24, 2.45) is 0 Å². The predicted octanol–water partition coefficient (Wildman–Crippen LogP) is 4.65. The molecule has 214 valence electrons. The summed E-state index contributed by atoms with van der Waals surface area (Å²) >= 11 is 1.46. The number of aromatic hydroxyl groups is 1. The summed E-state index contributed by atoms with van der Waals surface area (Å²) in [6.07, 6.45) is 0. The minimum atomic E-state index is -0.263. The third kappa shape index (κ3) is 6.62. The number of morpholine rings is 1. The molecule has 1 saturated heterocycles. The first-order valence-corrected chi connectivity index (χ1v) is 14.2. The van der Waals surface area contributed by atoms with Crippen LogP contribution in [0.3, 0.4) is 0 Å². The topological polar surface area (TPSA) is 109 Å². The van der Waals surface area contributed by atoms with Crippen LogP contribution in [0.15, 0.2) is 60.7 Å². The van der Waals surface area contributed by atoms with E-state index in [1.165, 1.54) is 11.3 Å². The van der Waals surface area contributed by atoms with Gasteiger partial charge in [0.15, 0.2) is 5.78 Å². The number of nitrogens with one attached hydrogen (secondary N) is 2. The van der Waals surface area contributed by atoms with E-state index in [-0.39, 0.29) is 17.6 Å². The Hall–Kier alpha value is -4.12. The lowest BCUT2D eigenvalue weighted by Gasteiger charge is -2.27. The minimum absolute atomic E-state index is 0.117. The summed E-state index contributed by atoms with van der Waals surface area (Å²) in [5.74, 6) is 1.36. The van der Waals surface area contributed by atoms with Gasteiger partial charge in [-0.3, -0.25) is 9.69 Å². The molecule has 4 aromatic rings. The molecule has 2 amide bonds. The van der Waals surface area contributed by atoms with E-state index in [0.29, 0.717) is 49.0 Å². The number of carbonyl (C=O) groups excluding carboxylic acids is 2. The molecular formula is C31H33N3O6S. The van der Waals surface area contributed by atoms with Crippen LogP contribution < -0.4 is 20.1 Å². The SMILES string of the molecule is CNC(=O)NCCOc1ccc(-c2sc3cc(O)ccc3c2C(=O)c2ccc(CN3CCOCC3)c(OC)c2)cc1. The third-order valence-corrected chi connectivity index (χ3v) is 8.15. The maximum Gasteiger partial charge on any atom is 0.314 e. The fraction of sp³-hybridized carbons (Fsp3) is 0.290. The number of fused-ring (bicyclic) bond motifs is 1. The van der Waals surface area contributed by atoms with Crippen LogP contribution in [0.2, 0.25) is 0 Å². The average molecular weight is 576 g/mol. The molecule has 0 atom stereocenters. The van der Waals surface area contributed by atoms with Crippen LogP contribution in [-0.2, 0) is 11.3 Å². The molecule has 1 aliphatic heterocycles. The van der Waals surface area contributed by atoms with Gasteiger partial charge in [-0.25, -0.2) is 4.79 Å². The molecule has 0 spiro atoms. The van der Waals surface area contributed by atoms with Gasteiger partial charge in [-0.15, -0.1) is 11.3 Å². The van der Waals surface area contributed by atoms with Crippen molar-refractivity contribution in [3.8, 4) is 27.7 Å². The van der Waals surface area contributed by atoms with E-state index in [9.17, 15) is 14.7 Å². The van der Waals surface area contributed by atoms with Gasteiger partial charge in [0.2, 0.25) is 0 Å². The lowest BCUT2D eigenvalue weighted by molar-refractivity contribution is 0.0339. The Morgan fingerprint density at radius 3 is 2.56 bits per heavy atom. The lowest BCUT2D eigenvalue weighted by atomic mass is 9.96. The van der Waals surface area contributed by atoms with Crippen LogP contribution in [0.5, 0.6) is 17.2 Å². The van der Waals surface area contributed by atoms with Crippen molar-refractivity contribution in [3.63, 3.8) is 0 Å². The van der Waals surface area contributed by atoms with Gasteiger partial charge >= 0.3 is 6.03 Å². The van der Waals surface area contributed by atoms with Crippen LogP contribution in [0.1, 0.15) is 21.5 Å². The van der Waals surface area contributed by atoms with Crippen molar-refractivity contribution in [3.05, 3.63) is 77.4 Å². The van der Waals surface area contributed by atoms with E-state index < -0.39 is 0 Å². The highest BCUT2D eigenvalue weighted by molar-refractivity contribution is 7.22. The second-order valence-corrected chi connectivity index (χ2v) is 10.7. The number of phenolic OH excluding ortho intramolecular Hbond substituents is 1. The third-order valence-electron chi connectivity index (χ3n) is 6.95. The number of urea groups is 1. The van der Waals surface area contributed by atoms with Gasteiger partial charge in [0, 0.05) is 58.3 Å². The van der Waals surface area contributed by atoms with Crippen molar-refractivity contribution in [1.82, 2.24) is 15.5 Å². The molecule has 2 heterocycles. The number of rotatable bonds is 10. The smallest absolute Gasteiger partial charge is 0.314 e. The van der Waals surface area contributed by atoms with Gasteiger partial charge < -0.3 is 30.0 Å². The number of hydrogen-bond acceptors (Lipinski definition) is 8. The van der Waals surface area contributed by atoms with Crippen molar-refractivity contribution in [1.29, 1.82) is 0 Å². The number of thiophene rings is 1. The quantitative estimate of drug-likeness (QED) is 0.187. The summed E-state index contributed by atoms with van der Waals surface area (Å²) in [5, 5.41) is 16.1. The molecule has 0 unspecified atom stereocenters. The minimum Gasteiger partial charge on any atom is -0.508 e. The van der Waals surface area contributed by atoms with Crippen LogP contribution in [-0.4, -0.2) is 75.4 Å². The van der Waals surface area contributed by atoms with Crippen molar-refractivity contribution in [2.75, 3.05) is 53.6 Å². The van der Waals surface area contributed by atoms with E-state index in [4.69, 9.17) is 14.2 Å². The average Bonchev–Trinajstić information content (AvgIpc) is 3.38. The van der Waals surface area contributed by atoms with E-state index in [1.807, 2.05) is 42.5 Å². The number of nitrogens with zero attached hydrogens (tertiary/aromatic N) is 1. The van der Waals surface area contributed by atoms with Crippen LogP contribution in [0.4, 0.5) is 4.79 Å². The Morgan fingerprint density at radius 2 is 1.83 bits per heavy atom. The lowest BCUT2D eigenvalue weighted by Crippen LogP contribution is -2.35. The Kier molecular flexibility index (Phi) is 9.03. The summed E-state index contributed by atoms with van der Waals surface area (Å²) in [5.41, 5.74) is 3.00. The molecule has 0 saturated carbocycles. The molecule has 0 aliphatic carbocycles. The first-order valence-electron chi connectivity index (χ1n) is 13.4. The van der Waals surface area contributed by atoms with Gasteiger partial charge in [-0.2, -0.15) is 0 Å². The number of benzene rings is 3. The Bertz CT molecular complexity index is 1530. The van der Waals surface area contributed by atoms with E-state index >= 15 is 0 Å². The molecule has 10 heteroatoms. The first-order chi connectivity index (χ1) is 20.0. The number of amides is 2. The van der Waals surface area contributed by atoms with Crippen LogP contribution >= 0.6 is 11.3 Å². The fourth-order valence-corrected chi connectivity index (χ4v) is 6.04. The Labute approximate surface area is 242 Å². The number of phenols is 1.